The Morgan fingerprint density at radius 2 is 2.12 bits per heavy atom. The molecule has 0 unspecified atom stereocenters. The van der Waals surface area contributed by atoms with Crippen LogP contribution in [0.2, 0.25) is 5.15 Å². The molecule has 2 N–H and O–H groups in total. The highest BCUT2D eigenvalue weighted by atomic mass is 79.9. The van der Waals surface area contributed by atoms with Crippen molar-refractivity contribution in [3.05, 3.63) is 16.0 Å². The molecule has 17 heavy (non-hydrogen) atoms. The third kappa shape index (κ3) is 5.62. The van der Waals surface area contributed by atoms with Crippen molar-refractivity contribution in [1.82, 2.24) is 14.7 Å². The van der Waals surface area contributed by atoms with E-state index in [2.05, 4.69) is 35.9 Å². The Balaban J connectivity index is 2.34. The van der Waals surface area contributed by atoms with Gasteiger partial charge in [-0.15, -0.1) is 0 Å². The van der Waals surface area contributed by atoms with Crippen LogP contribution in [0, 0.1) is 0 Å². The summed E-state index contributed by atoms with van der Waals surface area (Å²) in [6.45, 7) is 0.955. The molecule has 0 radical (unpaired) electrons. The summed E-state index contributed by atoms with van der Waals surface area (Å²) in [5, 5.41) is 3.35. The van der Waals surface area contributed by atoms with Crippen LogP contribution in [0.15, 0.2) is 10.8 Å². The van der Waals surface area contributed by atoms with E-state index in [1.807, 2.05) is 0 Å². The topological polar surface area (TPSA) is 84.0 Å². The van der Waals surface area contributed by atoms with Crippen molar-refractivity contribution in [2.24, 2.45) is 0 Å². The zero-order valence-corrected chi connectivity index (χ0v) is 12.2. The number of nitrogens with one attached hydrogen (secondary N) is 2. The van der Waals surface area contributed by atoms with E-state index in [1.165, 1.54) is 6.33 Å². The van der Waals surface area contributed by atoms with Gasteiger partial charge in [0.25, 0.3) is 0 Å². The molecule has 0 aliphatic heterocycles. The molecule has 0 spiro atoms. The van der Waals surface area contributed by atoms with E-state index in [4.69, 9.17) is 11.6 Å². The first-order chi connectivity index (χ1) is 7.90. The second-order valence-corrected chi connectivity index (χ2v) is 6.26. The van der Waals surface area contributed by atoms with Crippen LogP contribution in [0.3, 0.4) is 0 Å². The van der Waals surface area contributed by atoms with E-state index >= 15 is 0 Å². The molecule has 0 atom stereocenters. The van der Waals surface area contributed by atoms with Gasteiger partial charge in [-0.05, 0) is 22.4 Å². The molecular formula is C8H12BrClN4O2S. The third-order valence-electron chi connectivity index (χ3n) is 1.76. The molecule has 0 aliphatic rings. The van der Waals surface area contributed by atoms with Crippen molar-refractivity contribution >= 4 is 43.4 Å². The number of nitrogens with zero attached hydrogens (tertiary/aromatic N) is 2. The van der Waals surface area contributed by atoms with Gasteiger partial charge in [-0.1, -0.05) is 11.6 Å². The second kappa shape index (κ2) is 6.48. The van der Waals surface area contributed by atoms with Gasteiger partial charge in [0.1, 0.15) is 17.3 Å². The number of hydrogen-bond acceptors (Lipinski definition) is 5. The Kier molecular flexibility index (Phi) is 5.57. The molecule has 0 bridgehead atoms. The molecule has 6 nitrogen and oxygen atoms in total. The standard InChI is InChI=1S/C8H12BrClN4O2S/c1-17(15,16)14-4-2-3-11-8-6(9)7(10)12-5-13-8/h5,14H,2-4H2,1H3,(H,11,12,13). The molecule has 0 saturated carbocycles. The van der Waals surface area contributed by atoms with Gasteiger partial charge in [0, 0.05) is 13.1 Å². The molecule has 0 fully saturated rings. The summed E-state index contributed by atoms with van der Waals surface area (Å²) >= 11 is 9.03. The van der Waals surface area contributed by atoms with Gasteiger partial charge in [0.2, 0.25) is 10.0 Å². The van der Waals surface area contributed by atoms with E-state index in [1.54, 1.807) is 0 Å². The van der Waals surface area contributed by atoms with Gasteiger partial charge in [0.05, 0.1) is 10.7 Å². The summed E-state index contributed by atoms with van der Waals surface area (Å²) < 4.78 is 24.6. The van der Waals surface area contributed by atoms with Crippen LogP contribution in [0.1, 0.15) is 6.42 Å². The lowest BCUT2D eigenvalue weighted by Gasteiger charge is -2.07. The maximum atomic E-state index is 10.8. The predicted molar refractivity (Wildman–Crippen MR) is 70.7 cm³/mol. The van der Waals surface area contributed by atoms with E-state index in [-0.39, 0.29) is 0 Å². The van der Waals surface area contributed by atoms with Crippen LogP contribution in [0.25, 0.3) is 0 Å². The van der Waals surface area contributed by atoms with E-state index in [9.17, 15) is 8.42 Å². The molecule has 1 aromatic heterocycles. The minimum atomic E-state index is -3.12. The molecule has 1 heterocycles. The average Bonchev–Trinajstić information content (AvgIpc) is 2.22. The Bertz CT molecular complexity index is 482. The van der Waals surface area contributed by atoms with Gasteiger partial charge in [-0.3, -0.25) is 0 Å². The fourth-order valence-corrected chi connectivity index (χ4v) is 2.02. The second-order valence-electron chi connectivity index (χ2n) is 3.27. The minimum Gasteiger partial charge on any atom is -0.369 e. The molecule has 96 valence electrons. The number of anilines is 1. The van der Waals surface area contributed by atoms with Crippen LogP contribution < -0.4 is 10.0 Å². The lowest BCUT2D eigenvalue weighted by molar-refractivity contribution is 0.586. The van der Waals surface area contributed by atoms with Gasteiger partial charge < -0.3 is 5.32 Å². The number of rotatable bonds is 6. The van der Waals surface area contributed by atoms with Crippen LogP contribution >= 0.6 is 27.5 Å². The van der Waals surface area contributed by atoms with Gasteiger partial charge in [-0.2, -0.15) is 0 Å². The first kappa shape index (κ1) is 14.6. The van der Waals surface area contributed by atoms with E-state index < -0.39 is 10.0 Å². The smallest absolute Gasteiger partial charge is 0.208 e. The van der Waals surface area contributed by atoms with Crippen molar-refractivity contribution in [3.63, 3.8) is 0 Å². The predicted octanol–water partition coefficient (Wildman–Crippen LogP) is 1.24. The minimum absolute atomic E-state index is 0.330. The maximum absolute atomic E-state index is 10.8. The van der Waals surface area contributed by atoms with Crippen LogP contribution in [0.5, 0.6) is 0 Å². The van der Waals surface area contributed by atoms with Crippen molar-refractivity contribution in [3.8, 4) is 0 Å². The summed E-state index contributed by atoms with van der Waals surface area (Å²) in [6, 6.07) is 0. The Labute approximate surface area is 113 Å². The molecule has 0 aliphatic carbocycles. The molecule has 0 saturated heterocycles. The van der Waals surface area contributed by atoms with Crippen molar-refractivity contribution in [2.45, 2.75) is 6.42 Å². The Hall–Kier alpha value is -0.440. The van der Waals surface area contributed by atoms with Gasteiger partial charge in [-0.25, -0.2) is 23.1 Å². The summed E-state index contributed by atoms with van der Waals surface area (Å²) in [5.74, 6) is 0.587. The summed E-state index contributed by atoms with van der Waals surface area (Å²) in [4.78, 5) is 7.79. The van der Waals surface area contributed by atoms with Gasteiger partial charge in [0.15, 0.2) is 0 Å². The third-order valence-corrected chi connectivity index (χ3v) is 3.75. The number of halogens is 2. The fourth-order valence-electron chi connectivity index (χ4n) is 1.02. The van der Waals surface area contributed by atoms with Crippen molar-refractivity contribution in [2.75, 3.05) is 24.7 Å². The average molecular weight is 344 g/mol. The zero-order chi connectivity index (χ0) is 12.9. The van der Waals surface area contributed by atoms with Crippen LogP contribution in [-0.4, -0.2) is 37.7 Å². The molecule has 0 amide bonds. The number of aromatic nitrogens is 2. The Morgan fingerprint density at radius 3 is 2.76 bits per heavy atom. The highest BCUT2D eigenvalue weighted by Crippen LogP contribution is 2.25. The van der Waals surface area contributed by atoms with Crippen LogP contribution in [-0.2, 0) is 10.0 Å². The SMILES string of the molecule is CS(=O)(=O)NCCCNc1ncnc(Cl)c1Br. The summed E-state index contributed by atoms with van der Waals surface area (Å²) in [7, 11) is -3.12. The quantitative estimate of drug-likeness (QED) is 0.600. The monoisotopic (exact) mass is 342 g/mol. The highest BCUT2D eigenvalue weighted by Gasteiger charge is 2.05. The molecule has 1 aromatic rings. The highest BCUT2D eigenvalue weighted by molar-refractivity contribution is 9.10. The number of hydrogen-bond donors (Lipinski definition) is 2. The lowest BCUT2D eigenvalue weighted by atomic mass is 10.4. The summed E-state index contributed by atoms with van der Waals surface area (Å²) in [6.07, 6.45) is 3.12. The normalized spacial score (nSPS) is 11.5. The molecule has 9 heteroatoms. The maximum Gasteiger partial charge on any atom is 0.208 e. The summed E-state index contributed by atoms with van der Waals surface area (Å²) in [5.41, 5.74) is 0. The molecule has 1 rings (SSSR count). The van der Waals surface area contributed by atoms with Crippen molar-refractivity contribution in [1.29, 1.82) is 0 Å². The van der Waals surface area contributed by atoms with Crippen molar-refractivity contribution < 1.29 is 8.42 Å². The lowest BCUT2D eigenvalue weighted by Crippen LogP contribution is -2.24. The molecule has 0 aromatic carbocycles. The van der Waals surface area contributed by atoms with E-state index in [0.29, 0.717) is 35.0 Å². The largest absolute Gasteiger partial charge is 0.369 e. The first-order valence-electron chi connectivity index (χ1n) is 4.74. The Morgan fingerprint density at radius 1 is 1.41 bits per heavy atom. The zero-order valence-electron chi connectivity index (χ0n) is 9.07. The number of sulfonamides is 1. The van der Waals surface area contributed by atoms with Gasteiger partial charge >= 0.3 is 0 Å². The van der Waals surface area contributed by atoms with Crippen LogP contribution in [0.4, 0.5) is 5.82 Å². The molecular weight excluding hydrogens is 332 g/mol. The fraction of sp³-hybridized carbons (Fsp3) is 0.500. The first-order valence-corrected chi connectivity index (χ1v) is 7.81. The van der Waals surface area contributed by atoms with E-state index in [0.717, 1.165) is 6.26 Å².